The largest absolute Gasteiger partial charge is 0.469 e. The van der Waals surface area contributed by atoms with Crippen molar-refractivity contribution >= 4 is 23.7 Å². The van der Waals surface area contributed by atoms with Gasteiger partial charge in [-0.15, -0.1) is 0 Å². The van der Waals surface area contributed by atoms with Gasteiger partial charge in [0.2, 0.25) is 0 Å². The zero-order chi connectivity index (χ0) is 15.1. The first-order valence-corrected chi connectivity index (χ1v) is 6.59. The van der Waals surface area contributed by atoms with E-state index in [1.54, 1.807) is 38.1 Å². The lowest BCUT2D eigenvalue weighted by Gasteiger charge is -2.19. The first-order chi connectivity index (χ1) is 9.42. The third-order valence-corrected chi connectivity index (χ3v) is 2.76. The monoisotopic (exact) mass is 299 g/mol. The standard InChI is InChI=1S/C14H18ClNO4/c1-9(2)20-14(18)16-12(8-13(17)19-3)10-4-6-11(15)7-5-10/h4-7,9,12H,8H2,1-3H3,(H,16,18). The van der Waals surface area contributed by atoms with E-state index in [9.17, 15) is 9.59 Å². The summed E-state index contributed by atoms with van der Waals surface area (Å²) in [5.41, 5.74) is 0.750. The van der Waals surface area contributed by atoms with Crippen LogP contribution in [-0.2, 0) is 14.3 Å². The summed E-state index contributed by atoms with van der Waals surface area (Å²) in [6, 6.07) is 6.34. The average Bonchev–Trinajstić information content (AvgIpc) is 2.37. The highest BCUT2D eigenvalue weighted by molar-refractivity contribution is 6.30. The highest BCUT2D eigenvalue weighted by atomic mass is 35.5. The number of carbonyl (C=O) groups is 2. The molecule has 110 valence electrons. The lowest BCUT2D eigenvalue weighted by atomic mass is 10.0. The first kappa shape index (κ1) is 16.3. The fraction of sp³-hybridized carbons (Fsp3) is 0.429. The molecule has 1 rings (SSSR count). The Kier molecular flexibility index (Phi) is 6.31. The number of methoxy groups -OCH3 is 1. The summed E-state index contributed by atoms with van der Waals surface area (Å²) < 4.78 is 9.64. The Labute approximate surface area is 123 Å². The molecule has 0 saturated heterocycles. The number of halogens is 1. The molecule has 1 amide bonds. The smallest absolute Gasteiger partial charge is 0.407 e. The molecule has 1 atom stereocenters. The van der Waals surface area contributed by atoms with Crippen molar-refractivity contribution in [2.24, 2.45) is 0 Å². The maximum atomic E-state index is 11.7. The molecule has 0 aromatic heterocycles. The number of alkyl carbamates (subject to hydrolysis) is 1. The third-order valence-electron chi connectivity index (χ3n) is 2.51. The molecule has 0 bridgehead atoms. The fourth-order valence-corrected chi connectivity index (χ4v) is 1.71. The topological polar surface area (TPSA) is 64.6 Å². The number of ether oxygens (including phenoxy) is 2. The minimum atomic E-state index is -0.580. The zero-order valence-corrected chi connectivity index (χ0v) is 12.4. The summed E-state index contributed by atoms with van der Waals surface area (Å²) in [5.74, 6) is -0.421. The third kappa shape index (κ3) is 5.48. The van der Waals surface area contributed by atoms with Gasteiger partial charge in [0.25, 0.3) is 0 Å². The van der Waals surface area contributed by atoms with Crippen molar-refractivity contribution in [2.45, 2.75) is 32.4 Å². The second-order valence-corrected chi connectivity index (χ2v) is 4.92. The molecule has 1 aromatic rings. The maximum Gasteiger partial charge on any atom is 0.407 e. The van der Waals surface area contributed by atoms with Crippen molar-refractivity contribution in [2.75, 3.05) is 7.11 Å². The Morgan fingerprint density at radius 3 is 2.35 bits per heavy atom. The summed E-state index contributed by atoms with van der Waals surface area (Å²) >= 11 is 5.82. The van der Waals surface area contributed by atoms with Crippen LogP contribution in [0.1, 0.15) is 31.9 Å². The SMILES string of the molecule is COC(=O)CC(NC(=O)OC(C)C)c1ccc(Cl)cc1. The molecule has 1 unspecified atom stereocenters. The van der Waals surface area contributed by atoms with Gasteiger partial charge in [0, 0.05) is 5.02 Å². The molecule has 0 aliphatic heterocycles. The van der Waals surface area contributed by atoms with Crippen LogP contribution in [0, 0.1) is 0 Å². The molecule has 20 heavy (non-hydrogen) atoms. The minimum absolute atomic E-state index is 0.0192. The van der Waals surface area contributed by atoms with Gasteiger partial charge in [0.15, 0.2) is 0 Å². The summed E-state index contributed by atoms with van der Waals surface area (Å²) in [6.07, 6.45) is -0.798. The van der Waals surface area contributed by atoms with Crippen LogP contribution in [0.3, 0.4) is 0 Å². The molecule has 0 saturated carbocycles. The summed E-state index contributed by atoms with van der Waals surface area (Å²) in [4.78, 5) is 23.1. The van der Waals surface area contributed by atoms with E-state index in [0.29, 0.717) is 5.02 Å². The van der Waals surface area contributed by atoms with Gasteiger partial charge in [-0.25, -0.2) is 4.79 Å². The first-order valence-electron chi connectivity index (χ1n) is 6.21. The summed E-state index contributed by atoms with van der Waals surface area (Å²) in [6.45, 7) is 3.49. The number of hydrogen-bond acceptors (Lipinski definition) is 4. The minimum Gasteiger partial charge on any atom is -0.469 e. The van der Waals surface area contributed by atoms with Crippen LogP contribution in [-0.4, -0.2) is 25.3 Å². The Morgan fingerprint density at radius 1 is 1.25 bits per heavy atom. The van der Waals surface area contributed by atoms with E-state index in [1.165, 1.54) is 7.11 Å². The van der Waals surface area contributed by atoms with Crippen LogP contribution in [0.15, 0.2) is 24.3 Å². The normalized spacial score (nSPS) is 11.8. The van der Waals surface area contributed by atoms with Gasteiger partial charge in [-0.05, 0) is 31.5 Å². The van der Waals surface area contributed by atoms with E-state index in [4.69, 9.17) is 16.3 Å². The van der Waals surface area contributed by atoms with Crippen LogP contribution in [0.2, 0.25) is 5.02 Å². The molecule has 0 aliphatic rings. The van der Waals surface area contributed by atoms with E-state index in [1.807, 2.05) is 0 Å². The van der Waals surface area contributed by atoms with E-state index in [0.717, 1.165) is 5.56 Å². The summed E-state index contributed by atoms with van der Waals surface area (Å²) in [5, 5.41) is 3.22. The molecular weight excluding hydrogens is 282 g/mol. The molecule has 0 radical (unpaired) electrons. The van der Waals surface area contributed by atoms with Gasteiger partial charge < -0.3 is 14.8 Å². The van der Waals surface area contributed by atoms with E-state index in [-0.39, 0.29) is 12.5 Å². The second kappa shape index (κ2) is 7.75. The maximum absolute atomic E-state index is 11.7. The quantitative estimate of drug-likeness (QED) is 0.849. The van der Waals surface area contributed by atoms with Crippen molar-refractivity contribution in [1.82, 2.24) is 5.32 Å². The Morgan fingerprint density at radius 2 is 1.85 bits per heavy atom. The molecule has 0 aliphatic carbocycles. The molecule has 1 N–H and O–H groups in total. The van der Waals surface area contributed by atoms with Gasteiger partial charge in [-0.2, -0.15) is 0 Å². The Balaban J connectivity index is 2.82. The number of carbonyl (C=O) groups excluding carboxylic acids is 2. The molecular formula is C14H18ClNO4. The number of benzene rings is 1. The fourth-order valence-electron chi connectivity index (χ4n) is 1.59. The zero-order valence-electron chi connectivity index (χ0n) is 11.7. The highest BCUT2D eigenvalue weighted by Crippen LogP contribution is 2.20. The Hall–Kier alpha value is -1.75. The number of amides is 1. The number of esters is 1. The van der Waals surface area contributed by atoms with Crippen molar-refractivity contribution in [3.8, 4) is 0 Å². The van der Waals surface area contributed by atoms with Gasteiger partial charge in [0.05, 0.1) is 25.7 Å². The van der Waals surface area contributed by atoms with Gasteiger partial charge >= 0.3 is 12.1 Å². The molecule has 0 heterocycles. The van der Waals surface area contributed by atoms with Crippen molar-refractivity contribution in [1.29, 1.82) is 0 Å². The molecule has 6 heteroatoms. The van der Waals surface area contributed by atoms with E-state index < -0.39 is 18.1 Å². The van der Waals surface area contributed by atoms with Crippen LogP contribution in [0.4, 0.5) is 4.79 Å². The number of hydrogen-bond donors (Lipinski definition) is 1. The predicted octanol–water partition coefficient (Wildman–Crippen LogP) is 3.08. The van der Waals surface area contributed by atoms with Crippen LogP contribution in [0.5, 0.6) is 0 Å². The van der Waals surface area contributed by atoms with Gasteiger partial charge in [0.1, 0.15) is 0 Å². The number of rotatable bonds is 5. The van der Waals surface area contributed by atoms with Gasteiger partial charge in [-0.1, -0.05) is 23.7 Å². The molecule has 0 fully saturated rings. The molecule has 1 aromatic carbocycles. The average molecular weight is 300 g/mol. The van der Waals surface area contributed by atoms with Crippen LogP contribution < -0.4 is 5.32 Å². The lowest BCUT2D eigenvalue weighted by molar-refractivity contribution is -0.141. The lowest BCUT2D eigenvalue weighted by Crippen LogP contribution is -2.32. The van der Waals surface area contributed by atoms with Crippen LogP contribution in [0.25, 0.3) is 0 Å². The highest BCUT2D eigenvalue weighted by Gasteiger charge is 2.20. The molecule has 5 nitrogen and oxygen atoms in total. The Bertz CT molecular complexity index is 459. The van der Waals surface area contributed by atoms with Crippen molar-refractivity contribution in [3.05, 3.63) is 34.9 Å². The number of nitrogens with one attached hydrogen (secondary N) is 1. The van der Waals surface area contributed by atoms with Crippen molar-refractivity contribution in [3.63, 3.8) is 0 Å². The predicted molar refractivity (Wildman–Crippen MR) is 75.6 cm³/mol. The molecule has 0 spiro atoms. The van der Waals surface area contributed by atoms with Crippen molar-refractivity contribution < 1.29 is 19.1 Å². The van der Waals surface area contributed by atoms with E-state index >= 15 is 0 Å². The second-order valence-electron chi connectivity index (χ2n) is 4.48. The summed E-state index contributed by atoms with van der Waals surface area (Å²) in [7, 11) is 1.30. The van der Waals surface area contributed by atoms with Crippen LogP contribution >= 0.6 is 11.6 Å². The van der Waals surface area contributed by atoms with Gasteiger partial charge in [-0.3, -0.25) is 4.79 Å². The van der Waals surface area contributed by atoms with E-state index in [2.05, 4.69) is 10.1 Å².